The van der Waals surface area contributed by atoms with Crippen molar-refractivity contribution in [2.45, 2.75) is 25.7 Å². The summed E-state index contributed by atoms with van der Waals surface area (Å²) in [6, 6.07) is 16.6. The van der Waals surface area contributed by atoms with Crippen LogP contribution in [0.5, 0.6) is 5.75 Å². The van der Waals surface area contributed by atoms with Crippen LogP contribution in [-0.4, -0.2) is 35.8 Å². The van der Waals surface area contributed by atoms with Gasteiger partial charge in [0.2, 0.25) is 5.91 Å². The summed E-state index contributed by atoms with van der Waals surface area (Å²) in [5.74, 6) is -0.750. The summed E-state index contributed by atoms with van der Waals surface area (Å²) in [6.45, 7) is 2.23. The largest absolute Gasteiger partial charge is 0.573 e. The molecule has 6 nitrogen and oxygen atoms in total. The Labute approximate surface area is 188 Å². The second-order valence-corrected chi connectivity index (χ2v) is 7.74. The first-order chi connectivity index (χ1) is 15.7. The highest BCUT2D eigenvalue weighted by Crippen LogP contribution is 2.40. The van der Waals surface area contributed by atoms with E-state index in [-0.39, 0.29) is 23.6 Å². The van der Waals surface area contributed by atoms with Crippen LogP contribution < -0.4 is 15.4 Å². The van der Waals surface area contributed by atoms with Crippen molar-refractivity contribution >= 4 is 11.8 Å². The van der Waals surface area contributed by atoms with E-state index in [1.54, 1.807) is 12.1 Å². The fourth-order valence-electron chi connectivity index (χ4n) is 4.09. The number of ether oxygens (including phenoxy) is 1. The minimum atomic E-state index is -4.81. The van der Waals surface area contributed by atoms with Crippen LogP contribution >= 0.6 is 0 Å². The van der Waals surface area contributed by atoms with Gasteiger partial charge in [-0.25, -0.2) is 0 Å². The fourth-order valence-corrected chi connectivity index (χ4v) is 4.09. The predicted octanol–water partition coefficient (Wildman–Crippen LogP) is 4.53. The van der Waals surface area contributed by atoms with E-state index in [1.165, 1.54) is 25.1 Å². The van der Waals surface area contributed by atoms with Crippen molar-refractivity contribution in [3.8, 4) is 28.1 Å². The number of alkyl halides is 3. The number of benzene rings is 2. The van der Waals surface area contributed by atoms with E-state index in [0.717, 1.165) is 11.3 Å². The monoisotopic (exact) mass is 457 g/mol. The molecule has 0 unspecified atom stereocenters. The van der Waals surface area contributed by atoms with E-state index < -0.39 is 6.36 Å². The number of hydrogen-bond donors (Lipinski definition) is 2. The standard InChI is InChI=1S/C24H22F3N3O3/c1-15(31)28-11-10-18-14-29-23(32)21-13-20(22(30(18)21)16-6-3-2-4-7-16)17-8-5-9-19(12-17)33-24(25,26)27/h2-9,12-13,18H,10-11,14H2,1H3,(H,28,31)(H,29,32)/t18-/m0/s1. The number of nitrogens with zero attached hydrogens (tertiary/aromatic N) is 1. The van der Waals surface area contributed by atoms with Gasteiger partial charge in [-0.15, -0.1) is 13.2 Å². The smallest absolute Gasteiger partial charge is 0.406 e. The topological polar surface area (TPSA) is 72.4 Å². The van der Waals surface area contributed by atoms with Crippen molar-refractivity contribution in [2.24, 2.45) is 0 Å². The Morgan fingerprint density at radius 3 is 2.55 bits per heavy atom. The van der Waals surface area contributed by atoms with E-state index >= 15 is 0 Å². The lowest BCUT2D eigenvalue weighted by Gasteiger charge is -2.29. The second kappa shape index (κ2) is 9.01. The van der Waals surface area contributed by atoms with Crippen LogP contribution in [0.2, 0.25) is 0 Å². The highest BCUT2D eigenvalue weighted by molar-refractivity contribution is 5.98. The molecule has 2 N–H and O–H groups in total. The molecule has 0 bridgehead atoms. The molecule has 0 fully saturated rings. The minimum absolute atomic E-state index is 0.145. The molecule has 0 spiro atoms. The van der Waals surface area contributed by atoms with Gasteiger partial charge < -0.3 is 19.9 Å². The Kier molecular flexibility index (Phi) is 6.13. The van der Waals surface area contributed by atoms with Crippen LogP contribution in [0, 0.1) is 0 Å². The van der Waals surface area contributed by atoms with Gasteiger partial charge in [-0.3, -0.25) is 9.59 Å². The Balaban J connectivity index is 1.85. The van der Waals surface area contributed by atoms with Gasteiger partial charge in [0.1, 0.15) is 11.4 Å². The molecule has 9 heteroatoms. The molecule has 1 atom stereocenters. The first kappa shape index (κ1) is 22.4. The molecule has 0 saturated heterocycles. The molecule has 2 amide bonds. The lowest BCUT2D eigenvalue weighted by Crippen LogP contribution is -2.40. The lowest BCUT2D eigenvalue weighted by atomic mass is 10.0. The molecular formula is C24H22F3N3O3. The van der Waals surface area contributed by atoms with E-state index in [2.05, 4.69) is 15.4 Å². The molecule has 1 aliphatic rings. The van der Waals surface area contributed by atoms with Crippen molar-refractivity contribution in [1.82, 2.24) is 15.2 Å². The Bertz CT molecular complexity index is 1170. The summed E-state index contributed by atoms with van der Waals surface area (Å²) in [6.07, 6.45) is -4.24. The highest BCUT2D eigenvalue weighted by atomic mass is 19.4. The summed E-state index contributed by atoms with van der Waals surface area (Å²) in [5, 5.41) is 5.64. The summed E-state index contributed by atoms with van der Waals surface area (Å²) in [4.78, 5) is 24.0. The molecule has 0 saturated carbocycles. The van der Waals surface area contributed by atoms with Crippen LogP contribution in [0.1, 0.15) is 29.9 Å². The SMILES string of the molecule is CC(=O)NCC[C@H]1CNC(=O)c2cc(-c3cccc(OC(F)(F)F)c3)c(-c3ccccc3)n21. The molecule has 0 radical (unpaired) electrons. The number of hydrogen-bond acceptors (Lipinski definition) is 3. The van der Waals surface area contributed by atoms with Crippen LogP contribution in [0.3, 0.4) is 0 Å². The van der Waals surface area contributed by atoms with Gasteiger partial charge in [0, 0.05) is 25.6 Å². The van der Waals surface area contributed by atoms with E-state index in [4.69, 9.17) is 0 Å². The van der Waals surface area contributed by atoms with Crippen LogP contribution in [0.25, 0.3) is 22.4 Å². The van der Waals surface area contributed by atoms with Crippen molar-refractivity contribution in [2.75, 3.05) is 13.1 Å². The normalized spacial score (nSPS) is 15.5. The summed E-state index contributed by atoms with van der Waals surface area (Å²) < 4.78 is 44.3. The summed E-state index contributed by atoms with van der Waals surface area (Å²) >= 11 is 0. The molecule has 1 aliphatic heterocycles. The second-order valence-electron chi connectivity index (χ2n) is 7.74. The van der Waals surface area contributed by atoms with Crippen molar-refractivity contribution < 1.29 is 27.5 Å². The van der Waals surface area contributed by atoms with Crippen LogP contribution in [0.15, 0.2) is 60.7 Å². The highest BCUT2D eigenvalue weighted by Gasteiger charge is 2.32. The van der Waals surface area contributed by atoms with Gasteiger partial charge in [-0.05, 0) is 35.7 Å². The number of fused-ring (bicyclic) bond motifs is 1. The Morgan fingerprint density at radius 2 is 1.85 bits per heavy atom. The van der Waals surface area contributed by atoms with Gasteiger partial charge in [0.25, 0.3) is 5.91 Å². The third kappa shape index (κ3) is 5.02. The number of aromatic nitrogens is 1. The maximum absolute atomic E-state index is 12.8. The molecule has 4 rings (SSSR count). The van der Waals surface area contributed by atoms with Gasteiger partial charge in [-0.2, -0.15) is 0 Å². The van der Waals surface area contributed by atoms with Crippen LogP contribution in [0.4, 0.5) is 13.2 Å². The number of carbonyl (C=O) groups is 2. The van der Waals surface area contributed by atoms with Crippen molar-refractivity contribution in [3.05, 3.63) is 66.4 Å². The first-order valence-corrected chi connectivity index (χ1v) is 10.4. The minimum Gasteiger partial charge on any atom is -0.406 e. The number of nitrogens with one attached hydrogen (secondary N) is 2. The third-order valence-corrected chi connectivity index (χ3v) is 5.41. The molecular weight excluding hydrogens is 435 g/mol. The summed E-state index contributed by atoms with van der Waals surface area (Å²) in [7, 11) is 0. The zero-order valence-electron chi connectivity index (χ0n) is 17.8. The zero-order valence-corrected chi connectivity index (χ0v) is 17.8. The molecule has 33 heavy (non-hydrogen) atoms. The maximum atomic E-state index is 12.8. The number of halogens is 3. The molecule has 3 aromatic rings. The van der Waals surface area contributed by atoms with Gasteiger partial charge in [0.05, 0.1) is 11.7 Å². The fraction of sp³-hybridized carbons (Fsp3) is 0.250. The Morgan fingerprint density at radius 1 is 1.12 bits per heavy atom. The van der Waals surface area contributed by atoms with Crippen LogP contribution in [-0.2, 0) is 4.79 Å². The molecule has 2 heterocycles. The van der Waals surface area contributed by atoms with E-state index in [1.807, 2.05) is 34.9 Å². The summed E-state index contributed by atoms with van der Waals surface area (Å²) in [5.41, 5.74) is 3.05. The van der Waals surface area contributed by atoms with Gasteiger partial charge in [0.15, 0.2) is 0 Å². The first-order valence-electron chi connectivity index (χ1n) is 10.4. The number of carbonyl (C=O) groups excluding carboxylic acids is 2. The molecule has 1 aromatic heterocycles. The lowest BCUT2D eigenvalue weighted by molar-refractivity contribution is -0.274. The average molecular weight is 457 g/mol. The molecule has 2 aromatic carbocycles. The quantitative estimate of drug-likeness (QED) is 0.571. The van der Waals surface area contributed by atoms with Gasteiger partial charge in [-0.1, -0.05) is 42.5 Å². The predicted molar refractivity (Wildman–Crippen MR) is 117 cm³/mol. The van der Waals surface area contributed by atoms with Crippen molar-refractivity contribution in [1.29, 1.82) is 0 Å². The third-order valence-electron chi connectivity index (χ3n) is 5.41. The van der Waals surface area contributed by atoms with Crippen molar-refractivity contribution in [3.63, 3.8) is 0 Å². The Hall–Kier alpha value is -3.75. The van der Waals surface area contributed by atoms with E-state index in [0.29, 0.717) is 36.3 Å². The number of amides is 2. The number of rotatable bonds is 6. The van der Waals surface area contributed by atoms with E-state index in [9.17, 15) is 22.8 Å². The molecule has 0 aliphatic carbocycles. The zero-order chi connectivity index (χ0) is 23.6. The van der Waals surface area contributed by atoms with Gasteiger partial charge >= 0.3 is 6.36 Å². The average Bonchev–Trinajstić information content (AvgIpc) is 3.16. The molecule has 172 valence electrons. The maximum Gasteiger partial charge on any atom is 0.573 e.